The molecule has 0 bridgehead atoms. The summed E-state index contributed by atoms with van der Waals surface area (Å²) >= 11 is 0. The molecule has 20 heavy (non-hydrogen) atoms. The van der Waals surface area contributed by atoms with Crippen LogP contribution in [0, 0.1) is 0 Å². The standard InChI is InChI=1S/C16H25NO3/c1-4-12(2)13-6-8-14(9-7-13)20-11-5-10-16(3,17)15(18)19/h6-9,12H,4-5,10-11,17H2,1-3H3,(H,18,19). The van der Waals surface area contributed by atoms with E-state index in [-0.39, 0.29) is 0 Å². The van der Waals surface area contributed by atoms with Crippen molar-refractivity contribution in [1.29, 1.82) is 0 Å². The smallest absolute Gasteiger partial charge is 0.323 e. The van der Waals surface area contributed by atoms with Crippen molar-refractivity contribution in [2.24, 2.45) is 5.73 Å². The molecule has 0 spiro atoms. The molecule has 0 aliphatic carbocycles. The third-order valence-corrected chi connectivity index (χ3v) is 3.66. The highest BCUT2D eigenvalue weighted by Gasteiger charge is 2.26. The third kappa shape index (κ3) is 4.85. The number of benzene rings is 1. The van der Waals surface area contributed by atoms with Crippen LogP contribution in [-0.2, 0) is 4.79 Å². The predicted octanol–water partition coefficient (Wildman–Crippen LogP) is 3.16. The minimum atomic E-state index is -1.18. The van der Waals surface area contributed by atoms with E-state index in [0.29, 0.717) is 25.4 Å². The molecule has 2 unspecified atom stereocenters. The molecular formula is C16H25NO3. The number of aliphatic carboxylic acids is 1. The van der Waals surface area contributed by atoms with Crippen LogP contribution in [0.4, 0.5) is 0 Å². The van der Waals surface area contributed by atoms with E-state index < -0.39 is 11.5 Å². The van der Waals surface area contributed by atoms with Crippen molar-refractivity contribution >= 4 is 5.97 Å². The molecule has 0 amide bonds. The van der Waals surface area contributed by atoms with Crippen LogP contribution in [0.5, 0.6) is 5.75 Å². The van der Waals surface area contributed by atoms with Gasteiger partial charge in [-0.15, -0.1) is 0 Å². The highest BCUT2D eigenvalue weighted by molar-refractivity contribution is 5.77. The van der Waals surface area contributed by atoms with Gasteiger partial charge >= 0.3 is 5.97 Å². The summed E-state index contributed by atoms with van der Waals surface area (Å²) in [7, 11) is 0. The maximum Gasteiger partial charge on any atom is 0.323 e. The summed E-state index contributed by atoms with van der Waals surface area (Å²) in [6, 6.07) is 8.07. The third-order valence-electron chi connectivity index (χ3n) is 3.66. The van der Waals surface area contributed by atoms with E-state index in [1.807, 2.05) is 12.1 Å². The Morgan fingerprint density at radius 2 is 2.00 bits per heavy atom. The van der Waals surface area contributed by atoms with E-state index in [1.165, 1.54) is 12.5 Å². The molecule has 112 valence electrons. The van der Waals surface area contributed by atoms with E-state index in [0.717, 1.165) is 12.2 Å². The van der Waals surface area contributed by atoms with Gasteiger partial charge in [-0.05, 0) is 49.8 Å². The van der Waals surface area contributed by atoms with Gasteiger partial charge in [0.05, 0.1) is 6.61 Å². The highest BCUT2D eigenvalue weighted by Crippen LogP contribution is 2.21. The second-order valence-electron chi connectivity index (χ2n) is 5.55. The lowest BCUT2D eigenvalue weighted by Crippen LogP contribution is -2.44. The summed E-state index contributed by atoms with van der Waals surface area (Å²) in [5.41, 5.74) is 5.78. The normalized spacial score (nSPS) is 15.4. The molecule has 0 saturated heterocycles. The summed E-state index contributed by atoms with van der Waals surface area (Å²) in [5.74, 6) is 0.388. The average Bonchev–Trinajstić information content (AvgIpc) is 2.43. The monoisotopic (exact) mass is 279 g/mol. The predicted molar refractivity (Wildman–Crippen MR) is 80.1 cm³/mol. The number of ether oxygens (including phenoxy) is 1. The van der Waals surface area contributed by atoms with Crippen molar-refractivity contribution in [2.75, 3.05) is 6.61 Å². The van der Waals surface area contributed by atoms with Crippen LogP contribution in [0.2, 0.25) is 0 Å². The lowest BCUT2D eigenvalue weighted by molar-refractivity contribution is -0.142. The Labute approximate surface area is 120 Å². The van der Waals surface area contributed by atoms with Crippen LogP contribution in [0.3, 0.4) is 0 Å². The molecule has 4 nitrogen and oxygen atoms in total. The molecule has 0 saturated carbocycles. The number of nitrogens with two attached hydrogens (primary N) is 1. The highest BCUT2D eigenvalue weighted by atomic mass is 16.5. The molecule has 0 aliphatic heterocycles. The van der Waals surface area contributed by atoms with Gasteiger partial charge in [0.25, 0.3) is 0 Å². The minimum absolute atomic E-state index is 0.396. The Hall–Kier alpha value is -1.55. The van der Waals surface area contributed by atoms with Gasteiger partial charge in [0.15, 0.2) is 0 Å². The Morgan fingerprint density at radius 1 is 1.40 bits per heavy atom. The quantitative estimate of drug-likeness (QED) is 0.717. The van der Waals surface area contributed by atoms with Gasteiger partial charge in [0, 0.05) is 0 Å². The van der Waals surface area contributed by atoms with Crippen molar-refractivity contribution < 1.29 is 14.6 Å². The SMILES string of the molecule is CCC(C)c1ccc(OCCCC(C)(N)C(=O)O)cc1. The first-order valence-electron chi connectivity index (χ1n) is 7.12. The molecule has 3 N–H and O–H groups in total. The summed E-state index contributed by atoms with van der Waals surface area (Å²) in [6.45, 7) is 6.37. The van der Waals surface area contributed by atoms with Crippen LogP contribution in [-0.4, -0.2) is 23.2 Å². The Morgan fingerprint density at radius 3 is 2.50 bits per heavy atom. The van der Waals surface area contributed by atoms with Crippen molar-refractivity contribution in [3.05, 3.63) is 29.8 Å². The van der Waals surface area contributed by atoms with Crippen LogP contribution < -0.4 is 10.5 Å². The molecule has 0 aliphatic rings. The lowest BCUT2D eigenvalue weighted by Gasteiger charge is -2.18. The largest absolute Gasteiger partial charge is 0.494 e. The van der Waals surface area contributed by atoms with Crippen LogP contribution in [0.25, 0.3) is 0 Å². The van der Waals surface area contributed by atoms with Gasteiger partial charge in [-0.1, -0.05) is 26.0 Å². The molecule has 1 aromatic rings. The van der Waals surface area contributed by atoms with Gasteiger partial charge < -0.3 is 15.6 Å². The minimum Gasteiger partial charge on any atom is -0.494 e. The fourth-order valence-electron chi connectivity index (χ4n) is 1.86. The molecule has 2 atom stereocenters. The van der Waals surface area contributed by atoms with Gasteiger partial charge in [0.2, 0.25) is 0 Å². The maximum atomic E-state index is 10.8. The number of hydrogen-bond donors (Lipinski definition) is 2. The van der Waals surface area contributed by atoms with E-state index in [1.54, 1.807) is 0 Å². The summed E-state index contributed by atoms with van der Waals surface area (Å²) < 4.78 is 5.60. The Kier molecular flexibility index (Phi) is 6.02. The Bertz CT molecular complexity index is 426. The number of rotatable bonds is 8. The first kappa shape index (κ1) is 16.5. The van der Waals surface area contributed by atoms with Crippen molar-refractivity contribution in [1.82, 2.24) is 0 Å². The van der Waals surface area contributed by atoms with Crippen LogP contribution in [0.15, 0.2) is 24.3 Å². The molecule has 0 fully saturated rings. The molecule has 0 radical (unpaired) electrons. The van der Waals surface area contributed by atoms with E-state index in [4.69, 9.17) is 15.6 Å². The second-order valence-corrected chi connectivity index (χ2v) is 5.55. The average molecular weight is 279 g/mol. The summed E-state index contributed by atoms with van der Waals surface area (Å²) in [4.78, 5) is 10.8. The Balaban J connectivity index is 2.38. The fraction of sp³-hybridized carbons (Fsp3) is 0.562. The van der Waals surface area contributed by atoms with Crippen molar-refractivity contribution in [3.63, 3.8) is 0 Å². The summed E-state index contributed by atoms with van der Waals surface area (Å²) in [6.07, 6.45) is 2.13. The van der Waals surface area contributed by atoms with Gasteiger partial charge in [0.1, 0.15) is 11.3 Å². The summed E-state index contributed by atoms with van der Waals surface area (Å²) in [5, 5.41) is 8.90. The van der Waals surface area contributed by atoms with E-state index >= 15 is 0 Å². The molecule has 1 rings (SSSR count). The van der Waals surface area contributed by atoms with Gasteiger partial charge in [-0.3, -0.25) is 4.79 Å². The molecule has 4 heteroatoms. The second kappa shape index (κ2) is 7.29. The van der Waals surface area contributed by atoms with Gasteiger partial charge in [-0.25, -0.2) is 0 Å². The van der Waals surface area contributed by atoms with Gasteiger partial charge in [-0.2, -0.15) is 0 Å². The van der Waals surface area contributed by atoms with E-state index in [2.05, 4.69) is 26.0 Å². The fourth-order valence-corrected chi connectivity index (χ4v) is 1.86. The van der Waals surface area contributed by atoms with Crippen LogP contribution >= 0.6 is 0 Å². The van der Waals surface area contributed by atoms with Crippen molar-refractivity contribution in [3.8, 4) is 5.75 Å². The number of carboxylic acids is 1. The number of carbonyl (C=O) groups is 1. The molecule has 0 heterocycles. The molecular weight excluding hydrogens is 254 g/mol. The lowest BCUT2D eigenvalue weighted by atomic mass is 9.98. The van der Waals surface area contributed by atoms with Crippen molar-refractivity contribution in [2.45, 2.75) is 51.5 Å². The number of carboxylic acid groups (broad SMARTS) is 1. The first-order valence-corrected chi connectivity index (χ1v) is 7.12. The topological polar surface area (TPSA) is 72.5 Å². The molecule has 1 aromatic carbocycles. The maximum absolute atomic E-state index is 10.8. The molecule has 0 aromatic heterocycles. The number of hydrogen-bond acceptors (Lipinski definition) is 3. The first-order chi connectivity index (χ1) is 9.36. The zero-order valence-electron chi connectivity index (χ0n) is 12.6. The van der Waals surface area contributed by atoms with E-state index in [9.17, 15) is 4.79 Å². The zero-order chi connectivity index (χ0) is 15.2. The zero-order valence-corrected chi connectivity index (χ0v) is 12.6. The van der Waals surface area contributed by atoms with Crippen LogP contribution in [0.1, 0.15) is 51.5 Å².